The van der Waals surface area contributed by atoms with E-state index in [1.165, 1.54) is 18.2 Å². The van der Waals surface area contributed by atoms with Crippen molar-refractivity contribution in [2.45, 2.75) is 50.9 Å². The van der Waals surface area contributed by atoms with Crippen LogP contribution in [0.4, 0.5) is 0 Å². The Morgan fingerprint density at radius 2 is 1.76 bits per heavy atom. The van der Waals surface area contributed by atoms with E-state index < -0.39 is 0 Å². The fraction of sp³-hybridized carbons (Fsp3) is 0.400. The van der Waals surface area contributed by atoms with Crippen molar-refractivity contribution in [1.82, 2.24) is 19.7 Å². The number of nitrogens with zero attached hydrogens (tertiary/aromatic N) is 4. The molecule has 2 aromatic carbocycles. The smallest absolute Gasteiger partial charge is 0.233 e. The molecule has 3 aromatic rings. The van der Waals surface area contributed by atoms with Crippen molar-refractivity contribution in [1.29, 1.82) is 0 Å². The van der Waals surface area contributed by atoms with Crippen molar-refractivity contribution in [3.63, 3.8) is 0 Å². The van der Waals surface area contributed by atoms with E-state index in [0.717, 1.165) is 30.8 Å². The van der Waals surface area contributed by atoms with Gasteiger partial charge in [-0.05, 0) is 81.6 Å². The predicted octanol–water partition coefficient (Wildman–Crippen LogP) is 5.39. The minimum atomic E-state index is 0.134. The molecule has 180 valence electrons. The second-order valence-electron chi connectivity index (χ2n) is 8.12. The summed E-state index contributed by atoms with van der Waals surface area (Å²) in [5, 5.41) is 10.0. The average Bonchev–Trinajstić information content (AvgIpc) is 3.26. The van der Waals surface area contributed by atoms with Crippen LogP contribution < -0.4 is 9.47 Å². The van der Waals surface area contributed by atoms with Crippen molar-refractivity contribution in [3.8, 4) is 17.2 Å². The number of likely N-dealkylation sites (tertiary alicyclic amines) is 1. The van der Waals surface area contributed by atoms with Crippen LogP contribution in [0, 0.1) is 0 Å². The van der Waals surface area contributed by atoms with E-state index in [1.54, 1.807) is 0 Å². The predicted molar refractivity (Wildman–Crippen MR) is 134 cm³/mol. The van der Waals surface area contributed by atoms with Crippen molar-refractivity contribution in [2.24, 2.45) is 0 Å². The number of ether oxygens (including phenoxy) is 2. The van der Waals surface area contributed by atoms with Crippen molar-refractivity contribution in [3.05, 3.63) is 59.4 Å². The summed E-state index contributed by atoms with van der Waals surface area (Å²) >= 11 is 7.49. The zero-order chi connectivity index (χ0) is 23.9. The molecule has 0 unspecified atom stereocenters. The molecule has 0 bridgehead atoms. The topological polar surface area (TPSA) is 69.5 Å². The number of aromatic nitrogens is 3. The van der Waals surface area contributed by atoms with Gasteiger partial charge in [-0.25, -0.2) is 0 Å². The number of carbonyl (C=O) groups is 1. The number of benzene rings is 2. The number of hydrogen-bond acceptors (Lipinski definition) is 6. The van der Waals surface area contributed by atoms with Crippen LogP contribution in [0.1, 0.15) is 38.9 Å². The van der Waals surface area contributed by atoms with Crippen LogP contribution in [0.15, 0.2) is 53.7 Å². The van der Waals surface area contributed by atoms with Gasteiger partial charge < -0.3 is 14.4 Å². The number of halogens is 1. The lowest BCUT2D eigenvalue weighted by Gasteiger charge is -2.33. The van der Waals surface area contributed by atoms with Crippen LogP contribution in [0.25, 0.3) is 5.69 Å². The summed E-state index contributed by atoms with van der Waals surface area (Å²) in [6.45, 7) is 5.73. The lowest BCUT2D eigenvalue weighted by molar-refractivity contribution is -0.131. The summed E-state index contributed by atoms with van der Waals surface area (Å²) in [5.74, 6) is 2.59. The first-order valence-corrected chi connectivity index (χ1v) is 12.9. The molecule has 7 nitrogen and oxygen atoms in total. The molecule has 1 saturated heterocycles. The fourth-order valence-electron chi connectivity index (χ4n) is 3.96. The zero-order valence-corrected chi connectivity index (χ0v) is 21.0. The van der Waals surface area contributed by atoms with Crippen molar-refractivity contribution in [2.75, 3.05) is 18.9 Å². The highest BCUT2D eigenvalue weighted by atomic mass is 35.5. The number of piperidine rings is 1. The van der Waals surface area contributed by atoms with Crippen LogP contribution in [-0.4, -0.2) is 50.5 Å². The molecule has 0 radical (unpaired) electrons. The molecule has 1 fully saturated rings. The summed E-state index contributed by atoms with van der Waals surface area (Å²) in [4.78, 5) is 14.8. The summed E-state index contributed by atoms with van der Waals surface area (Å²) < 4.78 is 13.4. The first-order valence-electron chi connectivity index (χ1n) is 11.5. The van der Waals surface area contributed by atoms with Gasteiger partial charge in [0.15, 0.2) is 11.0 Å². The van der Waals surface area contributed by atoms with Gasteiger partial charge >= 0.3 is 0 Å². The third-order valence-corrected chi connectivity index (χ3v) is 6.90. The van der Waals surface area contributed by atoms with Gasteiger partial charge in [-0.15, -0.1) is 10.2 Å². The molecule has 1 aromatic heterocycles. The molecule has 0 spiro atoms. The highest BCUT2D eigenvalue weighted by Gasteiger charge is 2.24. The van der Waals surface area contributed by atoms with Gasteiger partial charge in [-0.3, -0.25) is 9.36 Å². The normalized spacial score (nSPS) is 15.9. The van der Waals surface area contributed by atoms with Gasteiger partial charge in [0.2, 0.25) is 5.91 Å². The lowest BCUT2D eigenvalue weighted by Crippen LogP contribution is -2.42. The van der Waals surface area contributed by atoms with Crippen LogP contribution in [0.2, 0.25) is 5.02 Å². The van der Waals surface area contributed by atoms with E-state index in [0.29, 0.717) is 34.1 Å². The molecular weight excluding hydrogens is 472 g/mol. The van der Waals surface area contributed by atoms with Gasteiger partial charge in [0.1, 0.15) is 18.1 Å². The molecule has 0 N–H and O–H groups in total. The van der Waals surface area contributed by atoms with Gasteiger partial charge in [-0.1, -0.05) is 23.4 Å². The molecule has 0 aliphatic carbocycles. The molecule has 0 saturated carbocycles. The molecule has 9 heteroatoms. The maximum atomic E-state index is 12.9. The molecule has 2 heterocycles. The summed E-state index contributed by atoms with van der Waals surface area (Å²) in [6.07, 6.45) is 3.31. The van der Waals surface area contributed by atoms with Gasteiger partial charge in [0.25, 0.3) is 0 Å². The van der Waals surface area contributed by atoms with Crippen LogP contribution >= 0.6 is 23.4 Å². The maximum absolute atomic E-state index is 12.9. The molecule has 4 rings (SSSR count). The Kier molecular flexibility index (Phi) is 8.34. The van der Waals surface area contributed by atoms with E-state index >= 15 is 0 Å². The number of amides is 1. The third kappa shape index (κ3) is 6.04. The SMILES string of the molecule is CCOc1ccc(OCc2nnc(SCC(=O)N3CCCC[C@H]3C)n2-c2ccc(Cl)cc2)cc1. The minimum absolute atomic E-state index is 0.134. The maximum Gasteiger partial charge on any atom is 0.233 e. The Labute approximate surface area is 209 Å². The molecule has 1 atom stereocenters. The second-order valence-corrected chi connectivity index (χ2v) is 9.50. The zero-order valence-electron chi connectivity index (χ0n) is 19.4. The molecule has 1 aliphatic heterocycles. The number of hydrogen-bond donors (Lipinski definition) is 0. The molecule has 1 amide bonds. The number of thioether (sulfide) groups is 1. The standard InChI is InChI=1S/C25H29ClN4O3S/c1-3-32-21-11-13-22(14-12-21)33-16-23-27-28-25(30(23)20-9-7-19(26)8-10-20)34-17-24(31)29-15-5-4-6-18(29)2/h7-14,18H,3-6,15-17H2,1-2H3/t18-/m1/s1. The summed E-state index contributed by atoms with van der Waals surface area (Å²) in [7, 11) is 0. The quantitative estimate of drug-likeness (QED) is 0.367. The lowest BCUT2D eigenvalue weighted by atomic mass is 10.0. The Hall–Kier alpha value is -2.71. The van der Waals surface area contributed by atoms with E-state index in [9.17, 15) is 4.79 Å². The van der Waals surface area contributed by atoms with Crippen molar-refractivity contribution >= 4 is 29.3 Å². The monoisotopic (exact) mass is 500 g/mol. The van der Waals surface area contributed by atoms with Crippen molar-refractivity contribution < 1.29 is 14.3 Å². The first-order chi connectivity index (χ1) is 16.5. The summed E-state index contributed by atoms with van der Waals surface area (Å²) in [6, 6.07) is 15.2. The highest BCUT2D eigenvalue weighted by Crippen LogP contribution is 2.26. The average molecular weight is 501 g/mol. The molecule has 34 heavy (non-hydrogen) atoms. The van der Waals surface area contributed by atoms with E-state index in [2.05, 4.69) is 17.1 Å². The highest BCUT2D eigenvalue weighted by molar-refractivity contribution is 7.99. The van der Waals surface area contributed by atoms with E-state index in [-0.39, 0.29) is 18.6 Å². The molecule has 1 aliphatic rings. The Bertz CT molecular complexity index is 1090. The van der Waals surface area contributed by atoms with E-state index in [1.807, 2.05) is 64.9 Å². The Balaban J connectivity index is 1.50. The third-order valence-electron chi connectivity index (χ3n) is 5.74. The fourth-order valence-corrected chi connectivity index (χ4v) is 4.94. The van der Waals surface area contributed by atoms with Gasteiger partial charge in [-0.2, -0.15) is 0 Å². The van der Waals surface area contributed by atoms with Gasteiger partial charge in [0.05, 0.1) is 12.4 Å². The van der Waals surface area contributed by atoms with E-state index in [4.69, 9.17) is 21.1 Å². The first kappa shape index (κ1) is 24.4. The Morgan fingerprint density at radius 1 is 1.06 bits per heavy atom. The number of rotatable bonds is 9. The largest absolute Gasteiger partial charge is 0.494 e. The van der Waals surface area contributed by atoms with Crippen LogP contribution in [-0.2, 0) is 11.4 Å². The van der Waals surface area contributed by atoms with Crippen LogP contribution in [0.3, 0.4) is 0 Å². The number of carbonyl (C=O) groups excluding carboxylic acids is 1. The van der Waals surface area contributed by atoms with Gasteiger partial charge in [0, 0.05) is 23.3 Å². The second kappa shape index (κ2) is 11.6. The minimum Gasteiger partial charge on any atom is -0.494 e. The Morgan fingerprint density at radius 3 is 2.44 bits per heavy atom. The molecular formula is C25H29ClN4O3S. The van der Waals surface area contributed by atoms with Crippen LogP contribution in [0.5, 0.6) is 11.5 Å². The summed E-state index contributed by atoms with van der Waals surface area (Å²) in [5.41, 5.74) is 0.862.